The summed E-state index contributed by atoms with van der Waals surface area (Å²) in [7, 11) is 2.08. The number of nitrogens with zero attached hydrogens (tertiary/aromatic N) is 1. The number of oxazole rings is 1. The van der Waals surface area contributed by atoms with Crippen LogP contribution < -0.4 is 5.32 Å². The zero-order valence-corrected chi connectivity index (χ0v) is 12.5. The maximum Gasteiger partial charge on any atom is 0.256 e. The molecule has 4 heteroatoms. The van der Waals surface area contributed by atoms with Gasteiger partial charge in [-0.2, -0.15) is 0 Å². The summed E-state index contributed by atoms with van der Waals surface area (Å²) >= 11 is 1.81. The van der Waals surface area contributed by atoms with Crippen LogP contribution >= 0.6 is 11.8 Å². The Morgan fingerprint density at radius 2 is 1.89 bits per heavy atom. The standard InChI is InChI=1S/C14H24N2OS/c1-10-11(2)17-14(16-10)18-13-9-7-5-4-6-8-12(13)15-3/h12-13,15H,4-9H2,1-3H3. The molecule has 1 fully saturated rings. The van der Waals surface area contributed by atoms with E-state index in [1.165, 1.54) is 38.5 Å². The van der Waals surface area contributed by atoms with Gasteiger partial charge in [0.25, 0.3) is 5.22 Å². The van der Waals surface area contributed by atoms with Gasteiger partial charge in [0, 0.05) is 11.3 Å². The van der Waals surface area contributed by atoms with E-state index in [0.29, 0.717) is 11.3 Å². The maximum atomic E-state index is 5.71. The minimum absolute atomic E-state index is 0.586. The minimum Gasteiger partial charge on any atom is -0.437 e. The summed E-state index contributed by atoms with van der Waals surface area (Å²) in [4.78, 5) is 4.50. The van der Waals surface area contributed by atoms with Gasteiger partial charge in [-0.15, -0.1) is 0 Å². The van der Waals surface area contributed by atoms with E-state index in [1.54, 1.807) is 0 Å². The molecule has 0 aromatic carbocycles. The molecule has 1 heterocycles. The maximum absolute atomic E-state index is 5.71. The fraction of sp³-hybridized carbons (Fsp3) is 0.786. The number of thioether (sulfide) groups is 1. The third-order valence-corrected chi connectivity index (χ3v) is 5.08. The van der Waals surface area contributed by atoms with Crippen LogP contribution in [0.1, 0.15) is 50.0 Å². The van der Waals surface area contributed by atoms with Crippen molar-refractivity contribution in [2.24, 2.45) is 0 Å². The molecule has 1 aromatic rings. The highest BCUT2D eigenvalue weighted by atomic mass is 32.2. The van der Waals surface area contributed by atoms with Gasteiger partial charge in [0.05, 0.1) is 5.69 Å². The lowest BCUT2D eigenvalue weighted by Gasteiger charge is -2.27. The molecular formula is C14H24N2OS. The largest absolute Gasteiger partial charge is 0.437 e. The van der Waals surface area contributed by atoms with Crippen molar-refractivity contribution >= 4 is 11.8 Å². The smallest absolute Gasteiger partial charge is 0.256 e. The summed E-state index contributed by atoms with van der Waals surface area (Å²) < 4.78 is 5.71. The van der Waals surface area contributed by atoms with E-state index < -0.39 is 0 Å². The molecule has 0 saturated heterocycles. The van der Waals surface area contributed by atoms with Crippen LogP contribution in [-0.4, -0.2) is 23.3 Å². The summed E-state index contributed by atoms with van der Waals surface area (Å²) in [5.41, 5.74) is 1.02. The molecule has 2 rings (SSSR count). The summed E-state index contributed by atoms with van der Waals surface area (Å²) in [6.45, 7) is 4.00. The van der Waals surface area contributed by atoms with Crippen molar-refractivity contribution < 1.29 is 4.42 Å². The lowest BCUT2D eigenvalue weighted by atomic mass is 9.96. The van der Waals surface area contributed by atoms with Gasteiger partial charge in [-0.1, -0.05) is 37.4 Å². The van der Waals surface area contributed by atoms with Crippen LogP contribution in [0, 0.1) is 13.8 Å². The van der Waals surface area contributed by atoms with Crippen LogP contribution in [0.5, 0.6) is 0 Å². The molecule has 1 aliphatic rings. The Kier molecular flexibility index (Phi) is 5.13. The predicted molar refractivity (Wildman–Crippen MR) is 76.2 cm³/mol. The van der Waals surface area contributed by atoms with Crippen molar-refractivity contribution in [1.29, 1.82) is 0 Å². The van der Waals surface area contributed by atoms with E-state index in [4.69, 9.17) is 4.42 Å². The van der Waals surface area contributed by atoms with Crippen LogP contribution in [0.4, 0.5) is 0 Å². The molecule has 2 unspecified atom stereocenters. The van der Waals surface area contributed by atoms with E-state index in [-0.39, 0.29) is 0 Å². The molecule has 1 saturated carbocycles. The highest BCUT2D eigenvalue weighted by Gasteiger charge is 2.24. The van der Waals surface area contributed by atoms with Crippen molar-refractivity contribution in [1.82, 2.24) is 10.3 Å². The average molecular weight is 268 g/mol. The van der Waals surface area contributed by atoms with Gasteiger partial charge >= 0.3 is 0 Å². The van der Waals surface area contributed by atoms with Gasteiger partial charge in [0.15, 0.2) is 0 Å². The third-order valence-electron chi connectivity index (χ3n) is 3.83. The first kappa shape index (κ1) is 13.9. The minimum atomic E-state index is 0.586. The van der Waals surface area contributed by atoms with E-state index in [9.17, 15) is 0 Å². The molecule has 1 aliphatic carbocycles. The highest BCUT2D eigenvalue weighted by Crippen LogP contribution is 2.32. The molecule has 0 aliphatic heterocycles. The summed E-state index contributed by atoms with van der Waals surface area (Å²) in [5, 5.41) is 4.91. The number of aromatic nitrogens is 1. The van der Waals surface area contributed by atoms with Crippen LogP contribution in [-0.2, 0) is 0 Å². The molecule has 1 aromatic heterocycles. The monoisotopic (exact) mass is 268 g/mol. The molecule has 0 radical (unpaired) electrons. The Morgan fingerprint density at radius 3 is 2.50 bits per heavy atom. The molecule has 0 bridgehead atoms. The summed E-state index contributed by atoms with van der Waals surface area (Å²) in [6, 6.07) is 0.586. The number of aryl methyl sites for hydroxylation is 2. The molecular weight excluding hydrogens is 244 g/mol. The van der Waals surface area contributed by atoms with Gasteiger partial charge in [-0.25, -0.2) is 4.98 Å². The van der Waals surface area contributed by atoms with Crippen LogP contribution in [0.15, 0.2) is 9.64 Å². The molecule has 3 nitrogen and oxygen atoms in total. The zero-order chi connectivity index (χ0) is 13.0. The van der Waals surface area contributed by atoms with Crippen molar-refractivity contribution in [2.75, 3.05) is 7.05 Å². The van der Waals surface area contributed by atoms with E-state index >= 15 is 0 Å². The summed E-state index contributed by atoms with van der Waals surface area (Å²) in [6.07, 6.45) is 7.95. The zero-order valence-electron chi connectivity index (χ0n) is 11.7. The normalized spacial score (nSPS) is 25.7. The lowest BCUT2D eigenvalue weighted by molar-refractivity contribution is 0.406. The fourth-order valence-corrected chi connectivity index (χ4v) is 3.89. The third kappa shape index (κ3) is 3.51. The highest BCUT2D eigenvalue weighted by molar-refractivity contribution is 7.99. The second-order valence-corrected chi connectivity index (χ2v) is 6.35. The molecule has 1 N–H and O–H groups in total. The first-order valence-corrected chi connectivity index (χ1v) is 7.86. The van der Waals surface area contributed by atoms with Crippen LogP contribution in [0.3, 0.4) is 0 Å². The Balaban J connectivity index is 2.03. The van der Waals surface area contributed by atoms with Crippen molar-refractivity contribution in [3.8, 4) is 0 Å². The Morgan fingerprint density at radius 1 is 1.17 bits per heavy atom. The Bertz CT molecular complexity index is 358. The lowest BCUT2D eigenvalue weighted by Crippen LogP contribution is -2.36. The quantitative estimate of drug-likeness (QED) is 0.907. The predicted octanol–water partition coefficient (Wildman–Crippen LogP) is 3.69. The Hall–Kier alpha value is -0.480. The molecule has 0 amide bonds. The fourth-order valence-electron chi connectivity index (χ4n) is 2.54. The van der Waals surface area contributed by atoms with Gasteiger partial charge in [0.1, 0.15) is 5.76 Å². The topological polar surface area (TPSA) is 38.1 Å². The SMILES string of the molecule is CNC1CCCCCCC1Sc1nc(C)c(C)o1. The molecule has 18 heavy (non-hydrogen) atoms. The number of nitrogens with one attached hydrogen (secondary N) is 1. The average Bonchev–Trinajstić information content (AvgIpc) is 2.62. The van der Waals surface area contributed by atoms with Crippen molar-refractivity contribution in [2.45, 2.75) is 68.9 Å². The Labute approximate surface area is 114 Å². The molecule has 0 spiro atoms. The van der Waals surface area contributed by atoms with Crippen LogP contribution in [0.2, 0.25) is 0 Å². The van der Waals surface area contributed by atoms with Gasteiger partial charge in [0.2, 0.25) is 0 Å². The number of hydrogen-bond acceptors (Lipinski definition) is 4. The van der Waals surface area contributed by atoms with E-state index in [1.807, 2.05) is 25.6 Å². The summed E-state index contributed by atoms with van der Waals surface area (Å²) in [5.74, 6) is 0.948. The van der Waals surface area contributed by atoms with E-state index in [0.717, 1.165) is 16.7 Å². The van der Waals surface area contributed by atoms with E-state index in [2.05, 4.69) is 17.3 Å². The number of rotatable bonds is 3. The second-order valence-electron chi connectivity index (χ2n) is 5.16. The van der Waals surface area contributed by atoms with Gasteiger partial charge in [-0.3, -0.25) is 0 Å². The first-order valence-electron chi connectivity index (χ1n) is 6.98. The second kappa shape index (κ2) is 6.62. The molecule has 2 atom stereocenters. The molecule has 102 valence electrons. The van der Waals surface area contributed by atoms with Gasteiger partial charge in [-0.05, 0) is 33.7 Å². The first-order chi connectivity index (χ1) is 8.70. The van der Waals surface area contributed by atoms with Crippen molar-refractivity contribution in [3.63, 3.8) is 0 Å². The van der Waals surface area contributed by atoms with Crippen molar-refractivity contribution in [3.05, 3.63) is 11.5 Å². The van der Waals surface area contributed by atoms with Gasteiger partial charge < -0.3 is 9.73 Å². The van der Waals surface area contributed by atoms with Crippen LogP contribution in [0.25, 0.3) is 0 Å². The number of hydrogen-bond donors (Lipinski definition) is 1.